The van der Waals surface area contributed by atoms with Crippen LogP contribution in [0.4, 0.5) is 14.5 Å². The van der Waals surface area contributed by atoms with Gasteiger partial charge >= 0.3 is 0 Å². The number of rotatable bonds is 6. The molecule has 0 aliphatic carbocycles. The number of para-hydroxylation sites is 1. The minimum atomic E-state index is -0.795. The third kappa shape index (κ3) is 4.62. The molecule has 0 spiro atoms. The molecule has 1 aromatic carbocycles. The molecule has 1 amide bonds. The number of aliphatic hydroxyl groups excluding tert-OH is 1. The molecule has 1 unspecified atom stereocenters. The van der Waals surface area contributed by atoms with E-state index >= 15 is 0 Å². The van der Waals surface area contributed by atoms with Gasteiger partial charge in [-0.1, -0.05) is 13.0 Å². The Morgan fingerprint density at radius 3 is 2.61 bits per heavy atom. The van der Waals surface area contributed by atoms with E-state index < -0.39 is 23.2 Å². The number of hydrogen-bond donors (Lipinski definition) is 2. The van der Waals surface area contributed by atoms with Crippen molar-refractivity contribution < 1.29 is 18.7 Å². The minimum Gasteiger partial charge on any atom is -0.396 e. The first-order valence-corrected chi connectivity index (χ1v) is 6.55. The highest BCUT2D eigenvalue weighted by molar-refractivity contribution is 8.00. The number of carbonyl (C=O) groups excluding carboxylic acids is 1. The first kappa shape index (κ1) is 14.9. The van der Waals surface area contributed by atoms with Crippen LogP contribution in [0.1, 0.15) is 13.3 Å². The highest BCUT2D eigenvalue weighted by Crippen LogP contribution is 2.19. The molecule has 2 N–H and O–H groups in total. The van der Waals surface area contributed by atoms with Crippen molar-refractivity contribution >= 4 is 23.4 Å². The van der Waals surface area contributed by atoms with Crippen LogP contribution in [0.15, 0.2) is 18.2 Å². The first-order chi connectivity index (χ1) is 8.54. The molecule has 0 aliphatic rings. The fourth-order valence-electron chi connectivity index (χ4n) is 1.28. The fraction of sp³-hybridized carbons (Fsp3) is 0.417. The van der Waals surface area contributed by atoms with E-state index in [9.17, 15) is 13.6 Å². The van der Waals surface area contributed by atoms with Crippen LogP contribution in [0, 0.1) is 11.6 Å². The molecule has 0 saturated heterocycles. The summed E-state index contributed by atoms with van der Waals surface area (Å²) in [6.45, 7) is 1.93. The third-order valence-electron chi connectivity index (χ3n) is 2.26. The van der Waals surface area contributed by atoms with Crippen LogP contribution in [-0.2, 0) is 4.79 Å². The molecule has 6 heteroatoms. The second kappa shape index (κ2) is 7.33. The van der Waals surface area contributed by atoms with Crippen molar-refractivity contribution in [3.8, 4) is 0 Å². The average molecular weight is 275 g/mol. The molecule has 0 saturated carbocycles. The summed E-state index contributed by atoms with van der Waals surface area (Å²) in [5.41, 5.74) is -0.419. The van der Waals surface area contributed by atoms with E-state index in [-0.39, 0.29) is 17.6 Å². The number of benzene rings is 1. The number of halogens is 2. The first-order valence-electron chi connectivity index (χ1n) is 5.51. The van der Waals surface area contributed by atoms with E-state index in [1.54, 1.807) is 0 Å². The van der Waals surface area contributed by atoms with Gasteiger partial charge in [0.1, 0.15) is 17.3 Å². The number of aliphatic hydroxyl groups is 1. The van der Waals surface area contributed by atoms with Crippen molar-refractivity contribution in [3.63, 3.8) is 0 Å². The molecule has 0 radical (unpaired) electrons. The Morgan fingerprint density at radius 2 is 2.06 bits per heavy atom. The third-order valence-corrected chi connectivity index (χ3v) is 3.50. The molecule has 1 aromatic rings. The maximum absolute atomic E-state index is 13.2. The van der Waals surface area contributed by atoms with Gasteiger partial charge in [0.25, 0.3) is 0 Å². The highest BCUT2D eigenvalue weighted by atomic mass is 32.2. The van der Waals surface area contributed by atoms with Crippen LogP contribution < -0.4 is 5.32 Å². The highest BCUT2D eigenvalue weighted by Gasteiger charge is 2.12. The van der Waals surface area contributed by atoms with Gasteiger partial charge in [-0.2, -0.15) is 0 Å². The number of amides is 1. The topological polar surface area (TPSA) is 49.3 Å². The normalized spacial score (nSPS) is 12.2. The zero-order valence-electron chi connectivity index (χ0n) is 9.95. The largest absolute Gasteiger partial charge is 0.396 e. The summed E-state index contributed by atoms with van der Waals surface area (Å²) in [5, 5.41) is 11.0. The lowest BCUT2D eigenvalue weighted by Gasteiger charge is -2.10. The molecule has 1 rings (SSSR count). The van der Waals surface area contributed by atoms with Gasteiger partial charge in [-0.15, -0.1) is 11.8 Å². The number of hydrogen-bond acceptors (Lipinski definition) is 3. The van der Waals surface area contributed by atoms with E-state index in [1.165, 1.54) is 17.8 Å². The number of thioether (sulfide) groups is 1. The maximum Gasteiger partial charge on any atom is 0.234 e. The Labute approximate surface area is 109 Å². The molecule has 0 bridgehead atoms. The molecule has 0 aromatic heterocycles. The summed E-state index contributed by atoms with van der Waals surface area (Å²) in [6.07, 6.45) is 0.575. The zero-order chi connectivity index (χ0) is 13.5. The standard InChI is InChI=1S/C12H15F2NO2S/c1-8(5-6-16)18-7-11(17)15-12-9(13)3-2-4-10(12)14/h2-4,8,16H,5-7H2,1H3,(H,15,17). The van der Waals surface area contributed by atoms with Crippen LogP contribution in [0.5, 0.6) is 0 Å². The molecule has 0 fully saturated rings. The fourth-order valence-corrected chi connectivity index (χ4v) is 2.06. The van der Waals surface area contributed by atoms with Crippen molar-refractivity contribution in [2.45, 2.75) is 18.6 Å². The second-order valence-electron chi connectivity index (χ2n) is 3.78. The number of anilines is 1. The molecular weight excluding hydrogens is 260 g/mol. The molecule has 18 heavy (non-hydrogen) atoms. The van der Waals surface area contributed by atoms with E-state index in [0.717, 1.165) is 12.1 Å². The Hall–Kier alpha value is -1.14. The summed E-state index contributed by atoms with van der Waals surface area (Å²) in [6, 6.07) is 3.40. The minimum absolute atomic E-state index is 0.0533. The zero-order valence-corrected chi connectivity index (χ0v) is 10.8. The van der Waals surface area contributed by atoms with Gasteiger partial charge in [-0.25, -0.2) is 8.78 Å². The van der Waals surface area contributed by atoms with Crippen molar-refractivity contribution in [1.29, 1.82) is 0 Å². The van der Waals surface area contributed by atoms with Gasteiger partial charge in [0.05, 0.1) is 5.75 Å². The van der Waals surface area contributed by atoms with E-state index in [1.807, 2.05) is 6.92 Å². The van der Waals surface area contributed by atoms with Gasteiger partial charge in [-0.3, -0.25) is 4.79 Å². The van der Waals surface area contributed by atoms with E-state index in [2.05, 4.69) is 5.32 Å². The average Bonchev–Trinajstić information content (AvgIpc) is 2.32. The Bertz CT molecular complexity index is 395. The monoisotopic (exact) mass is 275 g/mol. The Morgan fingerprint density at radius 1 is 1.44 bits per heavy atom. The summed E-state index contributed by atoms with van der Waals surface area (Å²) >= 11 is 1.32. The molecule has 1 atom stereocenters. The predicted octanol–water partition coefficient (Wildman–Crippen LogP) is 2.41. The van der Waals surface area contributed by atoms with Crippen molar-refractivity contribution in [2.24, 2.45) is 0 Å². The summed E-state index contributed by atoms with van der Waals surface area (Å²) < 4.78 is 26.5. The molecule has 3 nitrogen and oxygen atoms in total. The molecular formula is C12H15F2NO2S. The SMILES string of the molecule is CC(CCO)SCC(=O)Nc1c(F)cccc1F. The van der Waals surface area contributed by atoms with Crippen LogP contribution in [-0.4, -0.2) is 28.6 Å². The van der Waals surface area contributed by atoms with Crippen molar-refractivity contribution in [1.82, 2.24) is 0 Å². The Kier molecular flexibility index (Phi) is 6.07. The lowest BCUT2D eigenvalue weighted by Crippen LogP contribution is -2.18. The molecule has 100 valence electrons. The number of nitrogens with one attached hydrogen (secondary N) is 1. The lowest BCUT2D eigenvalue weighted by molar-refractivity contribution is -0.113. The lowest BCUT2D eigenvalue weighted by atomic mass is 10.3. The molecule has 0 heterocycles. The van der Waals surface area contributed by atoms with E-state index in [0.29, 0.717) is 6.42 Å². The van der Waals surface area contributed by atoms with Gasteiger partial charge in [0.15, 0.2) is 0 Å². The smallest absolute Gasteiger partial charge is 0.234 e. The second-order valence-corrected chi connectivity index (χ2v) is 5.21. The van der Waals surface area contributed by atoms with Crippen LogP contribution >= 0.6 is 11.8 Å². The van der Waals surface area contributed by atoms with Gasteiger partial charge in [0, 0.05) is 11.9 Å². The predicted molar refractivity (Wildman–Crippen MR) is 68.6 cm³/mol. The van der Waals surface area contributed by atoms with E-state index in [4.69, 9.17) is 5.11 Å². The summed E-state index contributed by atoms with van der Waals surface area (Å²) in [4.78, 5) is 11.5. The van der Waals surface area contributed by atoms with Crippen molar-refractivity contribution in [2.75, 3.05) is 17.7 Å². The summed E-state index contributed by atoms with van der Waals surface area (Å²) in [5.74, 6) is -1.96. The number of carbonyl (C=O) groups is 1. The van der Waals surface area contributed by atoms with Crippen molar-refractivity contribution in [3.05, 3.63) is 29.8 Å². The van der Waals surface area contributed by atoms with Crippen LogP contribution in [0.25, 0.3) is 0 Å². The Balaban J connectivity index is 2.50. The molecule has 0 aliphatic heterocycles. The van der Waals surface area contributed by atoms with Crippen LogP contribution in [0.3, 0.4) is 0 Å². The van der Waals surface area contributed by atoms with Gasteiger partial charge in [-0.05, 0) is 18.6 Å². The quantitative estimate of drug-likeness (QED) is 0.838. The summed E-state index contributed by atoms with van der Waals surface area (Å²) in [7, 11) is 0. The maximum atomic E-state index is 13.2. The van der Waals surface area contributed by atoms with Gasteiger partial charge < -0.3 is 10.4 Å². The van der Waals surface area contributed by atoms with Crippen LogP contribution in [0.2, 0.25) is 0 Å². The van der Waals surface area contributed by atoms with Gasteiger partial charge in [0.2, 0.25) is 5.91 Å².